The summed E-state index contributed by atoms with van der Waals surface area (Å²) in [5.41, 5.74) is -2.63. The normalized spacial score (nSPS) is 11.9. The van der Waals surface area contributed by atoms with E-state index in [2.05, 4.69) is 0 Å². The van der Waals surface area contributed by atoms with Gasteiger partial charge in [0.05, 0.1) is 0 Å². The highest BCUT2D eigenvalue weighted by molar-refractivity contribution is 5.27. The lowest BCUT2D eigenvalue weighted by Crippen LogP contribution is -2.12. The summed E-state index contributed by atoms with van der Waals surface area (Å²) in [5, 5.41) is 0. The van der Waals surface area contributed by atoms with Crippen LogP contribution in [0.5, 0.6) is 0 Å². The topological polar surface area (TPSA) is 0 Å². The molecule has 0 atom stereocenters. The molecule has 1 aromatic carbocycles. The van der Waals surface area contributed by atoms with Gasteiger partial charge in [-0.2, -0.15) is 13.2 Å². The van der Waals surface area contributed by atoms with Crippen molar-refractivity contribution in [3.8, 4) is 0 Å². The Morgan fingerprint density at radius 1 is 0.929 bits per heavy atom. The van der Waals surface area contributed by atoms with Crippen LogP contribution in [-0.4, -0.2) is 0 Å². The number of hydrogen-bond acceptors (Lipinski definition) is 0. The van der Waals surface area contributed by atoms with Crippen molar-refractivity contribution in [2.45, 2.75) is 13.1 Å². The van der Waals surface area contributed by atoms with Gasteiger partial charge < -0.3 is 0 Å². The molecule has 0 nitrogen and oxygen atoms in total. The third-order valence-electron chi connectivity index (χ3n) is 1.53. The fourth-order valence-electron chi connectivity index (χ4n) is 0.863. The van der Waals surface area contributed by atoms with Crippen molar-refractivity contribution < 1.29 is 26.3 Å². The molecule has 0 aliphatic rings. The Morgan fingerprint density at radius 3 is 1.86 bits per heavy atom. The lowest BCUT2D eigenvalue weighted by atomic mass is 10.1. The summed E-state index contributed by atoms with van der Waals surface area (Å²) in [7, 11) is 0. The minimum atomic E-state index is -5.08. The van der Waals surface area contributed by atoms with Crippen LogP contribution in [0.15, 0.2) is 0 Å². The first kappa shape index (κ1) is 10.9. The molecule has 1 rings (SSSR count). The van der Waals surface area contributed by atoms with E-state index in [9.17, 15) is 26.3 Å². The van der Waals surface area contributed by atoms with Crippen LogP contribution in [0.3, 0.4) is 0 Å². The molecule has 0 saturated heterocycles. The quantitative estimate of drug-likeness (QED) is 0.458. The van der Waals surface area contributed by atoms with Gasteiger partial charge >= 0.3 is 6.18 Å². The molecule has 1 aromatic rings. The molecule has 0 aliphatic carbocycles. The van der Waals surface area contributed by atoms with Gasteiger partial charge in [-0.05, 0) is 12.5 Å². The second-order valence-corrected chi connectivity index (χ2v) is 2.56. The molecule has 0 amide bonds. The van der Waals surface area contributed by atoms with Crippen molar-refractivity contribution in [2.24, 2.45) is 0 Å². The van der Waals surface area contributed by atoms with Crippen LogP contribution in [0.25, 0.3) is 0 Å². The Morgan fingerprint density at radius 2 is 1.43 bits per heavy atom. The fourth-order valence-corrected chi connectivity index (χ4v) is 0.863. The summed E-state index contributed by atoms with van der Waals surface area (Å²) in [4.78, 5) is 0. The van der Waals surface area contributed by atoms with E-state index in [4.69, 9.17) is 0 Å². The molecule has 0 N–H and O–H groups in total. The molecule has 0 bridgehead atoms. The monoisotopic (exact) mass is 213 g/mol. The summed E-state index contributed by atoms with van der Waals surface area (Å²) < 4.78 is 73.6. The van der Waals surface area contributed by atoms with E-state index < -0.39 is 34.8 Å². The average molecular weight is 213 g/mol. The lowest BCUT2D eigenvalue weighted by molar-refractivity contribution is -0.140. The van der Waals surface area contributed by atoms with E-state index >= 15 is 0 Å². The van der Waals surface area contributed by atoms with Gasteiger partial charge in [-0.1, -0.05) is 0 Å². The molecule has 0 spiro atoms. The summed E-state index contributed by atoms with van der Waals surface area (Å²) in [6, 6.07) is 1.41. The molecule has 0 unspecified atom stereocenters. The van der Waals surface area contributed by atoms with E-state index in [1.807, 2.05) is 0 Å². The van der Waals surface area contributed by atoms with Crippen LogP contribution in [-0.2, 0) is 6.18 Å². The van der Waals surface area contributed by atoms with Crippen molar-refractivity contribution in [2.75, 3.05) is 0 Å². The van der Waals surface area contributed by atoms with Crippen LogP contribution >= 0.6 is 0 Å². The Bertz CT molecular complexity index is 365. The van der Waals surface area contributed by atoms with E-state index in [0.717, 1.165) is 6.92 Å². The van der Waals surface area contributed by atoms with Crippen molar-refractivity contribution in [3.63, 3.8) is 0 Å². The minimum absolute atomic E-state index is 0.712. The van der Waals surface area contributed by atoms with Crippen LogP contribution in [0.1, 0.15) is 11.1 Å². The largest absolute Gasteiger partial charge is 0.419 e. The van der Waals surface area contributed by atoms with Gasteiger partial charge in [-0.3, -0.25) is 0 Å². The predicted molar refractivity (Wildman–Crippen MR) is 34.9 cm³/mol. The average Bonchev–Trinajstić information content (AvgIpc) is 2.06. The van der Waals surface area contributed by atoms with Gasteiger partial charge in [-0.25, -0.2) is 13.2 Å². The highest BCUT2D eigenvalue weighted by Gasteiger charge is 2.37. The van der Waals surface area contributed by atoms with E-state index in [1.165, 1.54) is 6.07 Å². The van der Waals surface area contributed by atoms with Gasteiger partial charge in [0.15, 0.2) is 17.5 Å². The second-order valence-electron chi connectivity index (χ2n) is 2.56. The first-order valence-electron chi connectivity index (χ1n) is 3.38. The van der Waals surface area contributed by atoms with E-state index in [1.54, 1.807) is 0 Å². The third kappa shape index (κ3) is 1.69. The highest BCUT2D eigenvalue weighted by Crippen LogP contribution is 2.33. The van der Waals surface area contributed by atoms with E-state index in [0.29, 0.717) is 0 Å². The maximum absolute atomic E-state index is 12.6. The number of aryl methyl sites for hydroxylation is 1. The van der Waals surface area contributed by atoms with Gasteiger partial charge in [0, 0.05) is 6.07 Å². The van der Waals surface area contributed by atoms with Gasteiger partial charge in [0.1, 0.15) is 5.56 Å². The first-order valence-corrected chi connectivity index (χ1v) is 3.38. The van der Waals surface area contributed by atoms with Crippen LogP contribution in [0.2, 0.25) is 0 Å². The zero-order valence-electron chi connectivity index (χ0n) is 6.77. The Kier molecular flexibility index (Phi) is 2.47. The number of hydrogen-bond donors (Lipinski definition) is 0. The van der Waals surface area contributed by atoms with Crippen molar-refractivity contribution in [3.05, 3.63) is 34.6 Å². The first-order chi connectivity index (χ1) is 6.25. The Labute approximate surface area is 75.2 Å². The van der Waals surface area contributed by atoms with Gasteiger partial charge in [-0.15, -0.1) is 0 Å². The number of benzene rings is 1. The smallest absolute Gasteiger partial charge is 0.203 e. The molecular formula is C8H3F6. The van der Waals surface area contributed by atoms with Crippen molar-refractivity contribution >= 4 is 0 Å². The van der Waals surface area contributed by atoms with Crippen LogP contribution in [0, 0.1) is 30.4 Å². The zero-order chi connectivity index (χ0) is 11.1. The molecule has 6 heteroatoms. The van der Waals surface area contributed by atoms with Gasteiger partial charge in [0.2, 0.25) is 0 Å². The zero-order valence-corrected chi connectivity index (χ0v) is 6.77. The molecule has 77 valence electrons. The molecule has 0 fully saturated rings. The number of alkyl halides is 3. The second kappa shape index (κ2) is 3.18. The summed E-state index contributed by atoms with van der Waals surface area (Å²) in [6.07, 6.45) is -5.08. The van der Waals surface area contributed by atoms with Crippen molar-refractivity contribution in [1.82, 2.24) is 0 Å². The Balaban J connectivity index is 3.49. The molecule has 1 radical (unpaired) electrons. The van der Waals surface area contributed by atoms with Gasteiger partial charge in [0.25, 0.3) is 0 Å². The lowest BCUT2D eigenvalue weighted by Gasteiger charge is -2.09. The SMILES string of the molecule is Cc1[c]c(C(F)(F)F)c(F)c(F)c1F. The van der Waals surface area contributed by atoms with Crippen LogP contribution < -0.4 is 0 Å². The number of halogens is 6. The molecule has 0 heterocycles. The maximum Gasteiger partial charge on any atom is 0.419 e. The molecule has 14 heavy (non-hydrogen) atoms. The maximum atomic E-state index is 12.6. The third-order valence-corrected chi connectivity index (χ3v) is 1.53. The summed E-state index contributed by atoms with van der Waals surface area (Å²) in [6.45, 7) is 0.868. The summed E-state index contributed by atoms with van der Waals surface area (Å²) >= 11 is 0. The standard InChI is InChI=1S/C8H3F6/c1-3-2-4(8(12,13)14)6(10)7(11)5(3)9/h1H3. The minimum Gasteiger partial charge on any atom is -0.203 e. The van der Waals surface area contributed by atoms with E-state index in [-0.39, 0.29) is 0 Å². The van der Waals surface area contributed by atoms with Crippen molar-refractivity contribution in [1.29, 1.82) is 0 Å². The number of rotatable bonds is 0. The molecule has 0 saturated carbocycles. The molecule has 0 aromatic heterocycles. The van der Waals surface area contributed by atoms with Crippen LogP contribution in [0.4, 0.5) is 26.3 Å². The fraction of sp³-hybridized carbons (Fsp3) is 0.250. The predicted octanol–water partition coefficient (Wildman–Crippen LogP) is 3.23. The highest BCUT2D eigenvalue weighted by atomic mass is 19.4. The Hall–Kier alpha value is -1.20. The summed E-state index contributed by atoms with van der Waals surface area (Å²) in [5.74, 6) is -6.05. The molecule has 0 aliphatic heterocycles. The molecular weight excluding hydrogens is 210 g/mol.